The van der Waals surface area contributed by atoms with E-state index < -0.39 is 5.82 Å². The van der Waals surface area contributed by atoms with Crippen molar-refractivity contribution in [1.82, 2.24) is 0 Å². The molecule has 0 aliphatic carbocycles. The number of nitrogens with two attached hydrogens (primary N) is 1. The molecule has 0 amide bonds. The summed E-state index contributed by atoms with van der Waals surface area (Å²) >= 11 is 3.28. The van der Waals surface area contributed by atoms with Gasteiger partial charge in [0.2, 0.25) is 0 Å². The molecule has 0 unspecified atom stereocenters. The Morgan fingerprint density at radius 2 is 1.83 bits per heavy atom. The zero-order valence-electron chi connectivity index (χ0n) is 9.71. The first-order valence-corrected chi connectivity index (χ1v) is 6.14. The summed E-state index contributed by atoms with van der Waals surface area (Å²) in [7, 11) is 0. The van der Waals surface area contributed by atoms with Crippen LogP contribution in [0.2, 0.25) is 0 Å². The van der Waals surface area contributed by atoms with E-state index in [0.29, 0.717) is 16.8 Å². The molecule has 0 aliphatic heterocycles. The number of carbonyl (C=O) groups is 1. The molecule has 2 rings (SSSR count). The number of ketones is 1. The van der Waals surface area contributed by atoms with Gasteiger partial charge in [0.1, 0.15) is 5.82 Å². The Bertz CT molecular complexity index is 608. The lowest BCUT2D eigenvalue weighted by atomic mass is 10.00. The molecule has 0 fully saturated rings. The third kappa shape index (κ3) is 2.43. The van der Waals surface area contributed by atoms with Gasteiger partial charge < -0.3 is 5.73 Å². The van der Waals surface area contributed by atoms with Gasteiger partial charge in [-0.25, -0.2) is 4.39 Å². The van der Waals surface area contributed by atoms with Crippen LogP contribution in [0, 0.1) is 12.7 Å². The second-order valence-electron chi connectivity index (χ2n) is 4.04. The summed E-state index contributed by atoms with van der Waals surface area (Å²) in [6.45, 7) is 1.59. The summed E-state index contributed by atoms with van der Waals surface area (Å²) < 4.78 is 14.8. The molecule has 0 heterocycles. The van der Waals surface area contributed by atoms with Crippen molar-refractivity contribution in [2.45, 2.75) is 6.92 Å². The first-order valence-electron chi connectivity index (χ1n) is 5.35. The van der Waals surface area contributed by atoms with E-state index in [4.69, 9.17) is 5.73 Å². The highest BCUT2D eigenvalue weighted by atomic mass is 79.9. The number of hydrogen-bond donors (Lipinski definition) is 1. The van der Waals surface area contributed by atoms with E-state index in [1.165, 1.54) is 12.1 Å². The molecule has 2 aromatic rings. The SMILES string of the molecule is Cc1cc(N)cc(C(=O)c2ccc(Br)cc2)c1F. The molecule has 0 spiro atoms. The number of aryl methyl sites for hydroxylation is 1. The van der Waals surface area contributed by atoms with Crippen LogP contribution in [-0.4, -0.2) is 5.78 Å². The first-order chi connectivity index (χ1) is 8.49. The Morgan fingerprint density at radius 1 is 1.22 bits per heavy atom. The molecule has 0 aromatic heterocycles. The van der Waals surface area contributed by atoms with Crippen molar-refractivity contribution in [3.8, 4) is 0 Å². The van der Waals surface area contributed by atoms with Crippen LogP contribution < -0.4 is 5.73 Å². The predicted octanol–water partition coefficient (Wildman–Crippen LogP) is 3.71. The highest BCUT2D eigenvalue weighted by Crippen LogP contribution is 2.21. The smallest absolute Gasteiger partial charge is 0.196 e. The van der Waals surface area contributed by atoms with Crippen LogP contribution in [0.15, 0.2) is 40.9 Å². The molecule has 0 saturated carbocycles. The molecular weight excluding hydrogens is 297 g/mol. The van der Waals surface area contributed by atoms with Crippen LogP contribution in [0.3, 0.4) is 0 Å². The molecule has 0 radical (unpaired) electrons. The lowest BCUT2D eigenvalue weighted by molar-refractivity contribution is 0.103. The standard InChI is InChI=1S/C14H11BrFNO/c1-8-6-11(17)7-12(13(8)16)14(18)9-2-4-10(15)5-3-9/h2-7H,17H2,1H3. The van der Waals surface area contributed by atoms with Crippen molar-refractivity contribution >= 4 is 27.4 Å². The summed E-state index contributed by atoms with van der Waals surface area (Å²) in [5.41, 5.74) is 6.84. The molecule has 18 heavy (non-hydrogen) atoms. The van der Waals surface area contributed by atoms with E-state index in [0.717, 1.165) is 4.47 Å². The zero-order valence-corrected chi connectivity index (χ0v) is 11.3. The van der Waals surface area contributed by atoms with Gasteiger partial charge in [0, 0.05) is 15.7 Å². The maximum atomic E-state index is 13.9. The average molecular weight is 308 g/mol. The highest BCUT2D eigenvalue weighted by Gasteiger charge is 2.16. The maximum absolute atomic E-state index is 13.9. The molecule has 2 aromatic carbocycles. The van der Waals surface area contributed by atoms with E-state index in [-0.39, 0.29) is 11.3 Å². The van der Waals surface area contributed by atoms with Crippen LogP contribution in [-0.2, 0) is 0 Å². The number of hydrogen-bond acceptors (Lipinski definition) is 2. The molecule has 2 nitrogen and oxygen atoms in total. The lowest BCUT2D eigenvalue weighted by Gasteiger charge is -2.07. The summed E-state index contributed by atoms with van der Waals surface area (Å²) in [5.74, 6) is -0.882. The number of rotatable bonds is 2. The Hall–Kier alpha value is -1.68. The molecule has 0 atom stereocenters. The van der Waals surface area contributed by atoms with Gasteiger partial charge in [-0.15, -0.1) is 0 Å². The number of benzene rings is 2. The van der Waals surface area contributed by atoms with Gasteiger partial charge in [-0.2, -0.15) is 0 Å². The van der Waals surface area contributed by atoms with Crippen molar-refractivity contribution in [2.75, 3.05) is 5.73 Å². The second kappa shape index (κ2) is 4.90. The Labute approximate surface area is 113 Å². The van der Waals surface area contributed by atoms with Gasteiger partial charge in [-0.05, 0) is 48.9 Å². The summed E-state index contributed by atoms with van der Waals surface area (Å²) in [5, 5.41) is 0. The topological polar surface area (TPSA) is 43.1 Å². The van der Waals surface area contributed by atoms with Gasteiger partial charge in [0.25, 0.3) is 0 Å². The van der Waals surface area contributed by atoms with Crippen molar-refractivity contribution in [1.29, 1.82) is 0 Å². The molecular formula is C14H11BrFNO. The Morgan fingerprint density at radius 3 is 2.44 bits per heavy atom. The van der Waals surface area contributed by atoms with Gasteiger partial charge in [-0.3, -0.25) is 4.79 Å². The number of halogens is 2. The minimum Gasteiger partial charge on any atom is -0.399 e. The minimum atomic E-state index is -0.517. The third-order valence-corrected chi connectivity index (χ3v) is 3.16. The second-order valence-corrected chi connectivity index (χ2v) is 4.95. The van der Waals surface area contributed by atoms with Crippen molar-refractivity contribution in [3.63, 3.8) is 0 Å². The fourth-order valence-corrected chi connectivity index (χ4v) is 1.98. The van der Waals surface area contributed by atoms with Gasteiger partial charge >= 0.3 is 0 Å². The van der Waals surface area contributed by atoms with Crippen LogP contribution in [0.1, 0.15) is 21.5 Å². The molecule has 0 saturated heterocycles. The highest BCUT2D eigenvalue weighted by molar-refractivity contribution is 9.10. The predicted molar refractivity (Wildman–Crippen MR) is 73.1 cm³/mol. The number of anilines is 1. The normalized spacial score (nSPS) is 10.4. The van der Waals surface area contributed by atoms with Gasteiger partial charge in [-0.1, -0.05) is 15.9 Å². The molecule has 4 heteroatoms. The van der Waals surface area contributed by atoms with E-state index >= 15 is 0 Å². The maximum Gasteiger partial charge on any atom is 0.196 e. The average Bonchev–Trinajstić information content (AvgIpc) is 2.34. The minimum absolute atomic E-state index is 0.00909. The lowest BCUT2D eigenvalue weighted by Crippen LogP contribution is -2.06. The van der Waals surface area contributed by atoms with Crippen LogP contribution in [0.5, 0.6) is 0 Å². The fraction of sp³-hybridized carbons (Fsp3) is 0.0714. The Balaban J connectivity index is 2.49. The summed E-state index contributed by atoms with van der Waals surface area (Å²) in [6.07, 6.45) is 0. The third-order valence-electron chi connectivity index (χ3n) is 2.63. The quantitative estimate of drug-likeness (QED) is 0.679. The Kier molecular flexibility index (Phi) is 3.48. The molecule has 2 N–H and O–H groups in total. The van der Waals surface area contributed by atoms with Crippen LogP contribution >= 0.6 is 15.9 Å². The summed E-state index contributed by atoms with van der Waals surface area (Å²) in [4.78, 5) is 12.2. The first kappa shape index (κ1) is 12.8. The van der Waals surface area contributed by atoms with Crippen molar-refractivity contribution < 1.29 is 9.18 Å². The zero-order chi connectivity index (χ0) is 13.3. The van der Waals surface area contributed by atoms with E-state index in [1.807, 2.05) is 0 Å². The largest absolute Gasteiger partial charge is 0.399 e. The van der Waals surface area contributed by atoms with Gasteiger partial charge in [0.15, 0.2) is 5.78 Å². The summed E-state index contributed by atoms with van der Waals surface area (Å²) in [6, 6.07) is 9.64. The molecule has 0 bridgehead atoms. The molecule has 0 aliphatic rings. The van der Waals surface area contributed by atoms with Crippen molar-refractivity contribution in [3.05, 3.63) is 63.4 Å². The number of nitrogen functional groups attached to an aromatic ring is 1. The monoisotopic (exact) mass is 307 g/mol. The van der Waals surface area contributed by atoms with E-state index in [2.05, 4.69) is 15.9 Å². The van der Waals surface area contributed by atoms with Crippen molar-refractivity contribution in [2.24, 2.45) is 0 Å². The fourth-order valence-electron chi connectivity index (χ4n) is 1.72. The van der Waals surface area contributed by atoms with E-state index in [1.54, 1.807) is 31.2 Å². The van der Waals surface area contributed by atoms with Crippen LogP contribution in [0.25, 0.3) is 0 Å². The van der Waals surface area contributed by atoms with Gasteiger partial charge in [0.05, 0.1) is 5.56 Å². The van der Waals surface area contributed by atoms with E-state index in [9.17, 15) is 9.18 Å². The number of carbonyl (C=O) groups excluding carboxylic acids is 1. The molecule has 92 valence electrons. The van der Waals surface area contributed by atoms with Crippen LogP contribution in [0.4, 0.5) is 10.1 Å².